The number of para-hydroxylation sites is 1. The van der Waals surface area contributed by atoms with Gasteiger partial charge < -0.3 is 10.5 Å². The number of carbonyl (C=O) groups excluding carboxylic acids is 1. The number of ether oxygens (including phenoxy) is 1. The second-order valence-corrected chi connectivity index (χ2v) is 6.10. The molecule has 4 rings (SSSR count). The second-order valence-electron chi connectivity index (χ2n) is 6.10. The van der Waals surface area contributed by atoms with Crippen molar-refractivity contribution >= 4 is 5.91 Å². The summed E-state index contributed by atoms with van der Waals surface area (Å²) in [5.41, 5.74) is 6.98. The van der Waals surface area contributed by atoms with Crippen molar-refractivity contribution in [2.45, 2.75) is 18.8 Å². The van der Waals surface area contributed by atoms with Gasteiger partial charge in [-0.15, -0.1) is 0 Å². The van der Waals surface area contributed by atoms with Gasteiger partial charge in [0.15, 0.2) is 18.3 Å². The van der Waals surface area contributed by atoms with Crippen LogP contribution < -0.4 is 10.5 Å². The number of primary amides is 1. The Morgan fingerprint density at radius 1 is 1.16 bits per heavy atom. The number of aromatic nitrogens is 3. The highest BCUT2D eigenvalue weighted by atomic mass is 16.5. The summed E-state index contributed by atoms with van der Waals surface area (Å²) in [7, 11) is 0. The van der Waals surface area contributed by atoms with E-state index in [1.54, 1.807) is 6.07 Å². The second kappa shape index (κ2) is 6.39. The van der Waals surface area contributed by atoms with Gasteiger partial charge in [0, 0.05) is 11.5 Å². The molecule has 3 aromatic rings. The van der Waals surface area contributed by atoms with E-state index in [9.17, 15) is 4.79 Å². The first-order chi connectivity index (χ1) is 12.2. The van der Waals surface area contributed by atoms with Gasteiger partial charge in [-0.2, -0.15) is 5.10 Å². The molecule has 2 aromatic carbocycles. The highest BCUT2D eigenvalue weighted by Gasteiger charge is 2.29. The maximum Gasteiger partial charge on any atom is 0.255 e. The van der Waals surface area contributed by atoms with Gasteiger partial charge in [0.1, 0.15) is 5.75 Å². The van der Waals surface area contributed by atoms with E-state index in [2.05, 4.69) is 0 Å². The molecule has 0 atom stereocenters. The summed E-state index contributed by atoms with van der Waals surface area (Å²) in [6.07, 6.45) is 2.28. The van der Waals surface area contributed by atoms with Crippen LogP contribution in [0.25, 0.3) is 17.1 Å². The van der Waals surface area contributed by atoms with Crippen LogP contribution in [0, 0.1) is 0 Å². The lowest BCUT2D eigenvalue weighted by atomic mass is 10.2. The van der Waals surface area contributed by atoms with Crippen LogP contribution in [-0.2, 0) is 4.79 Å². The standard InChI is InChI=1S/C19H18N4O2/c20-17(24)12-25-16-8-4-5-14(11-16)19-21-18(13-9-10-13)22-23(19)15-6-2-1-3-7-15/h1-8,11,13H,9-10,12H2,(H2,20,24). The molecule has 6 heteroatoms. The minimum absolute atomic E-state index is 0.151. The normalized spacial score (nSPS) is 13.6. The molecule has 1 amide bonds. The van der Waals surface area contributed by atoms with Crippen molar-refractivity contribution in [1.82, 2.24) is 14.8 Å². The maximum atomic E-state index is 10.9. The van der Waals surface area contributed by atoms with Gasteiger partial charge >= 0.3 is 0 Å². The average Bonchev–Trinajstić information content (AvgIpc) is 3.39. The third-order valence-corrected chi connectivity index (χ3v) is 4.04. The fourth-order valence-corrected chi connectivity index (χ4v) is 2.66. The highest BCUT2D eigenvalue weighted by molar-refractivity contribution is 5.75. The molecule has 2 N–H and O–H groups in total. The summed E-state index contributed by atoms with van der Waals surface area (Å²) >= 11 is 0. The minimum atomic E-state index is -0.506. The Hall–Kier alpha value is -3.15. The average molecular weight is 334 g/mol. The lowest BCUT2D eigenvalue weighted by Gasteiger charge is -2.08. The lowest BCUT2D eigenvalue weighted by Crippen LogP contribution is -2.20. The molecule has 1 aliphatic carbocycles. The van der Waals surface area contributed by atoms with E-state index in [-0.39, 0.29) is 6.61 Å². The van der Waals surface area contributed by atoms with Crippen molar-refractivity contribution in [3.63, 3.8) is 0 Å². The van der Waals surface area contributed by atoms with E-state index in [0.29, 0.717) is 11.7 Å². The van der Waals surface area contributed by atoms with Gasteiger partial charge in [0.05, 0.1) is 5.69 Å². The fourth-order valence-electron chi connectivity index (χ4n) is 2.66. The number of carbonyl (C=O) groups is 1. The van der Waals surface area contributed by atoms with E-state index in [1.165, 1.54) is 0 Å². The van der Waals surface area contributed by atoms with Crippen LogP contribution in [0.3, 0.4) is 0 Å². The van der Waals surface area contributed by atoms with Gasteiger partial charge in [-0.25, -0.2) is 9.67 Å². The Morgan fingerprint density at radius 3 is 2.68 bits per heavy atom. The quantitative estimate of drug-likeness (QED) is 0.751. The van der Waals surface area contributed by atoms with E-state index in [0.717, 1.165) is 35.7 Å². The summed E-state index contributed by atoms with van der Waals surface area (Å²) < 4.78 is 7.27. The first-order valence-corrected chi connectivity index (χ1v) is 8.24. The zero-order valence-corrected chi connectivity index (χ0v) is 13.6. The number of amides is 1. The molecule has 0 aliphatic heterocycles. The van der Waals surface area contributed by atoms with Crippen LogP contribution >= 0.6 is 0 Å². The van der Waals surface area contributed by atoms with E-state index in [4.69, 9.17) is 20.6 Å². The monoisotopic (exact) mass is 334 g/mol. The molecule has 0 bridgehead atoms. The molecule has 25 heavy (non-hydrogen) atoms. The third kappa shape index (κ3) is 3.38. The van der Waals surface area contributed by atoms with E-state index >= 15 is 0 Å². The minimum Gasteiger partial charge on any atom is -0.484 e. The molecule has 1 fully saturated rings. The summed E-state index contributed by atoms with van der Waals surface area (Å²) in [4.78, 5) is 15.7. The molecule has 1 heterocycles. The lowest BCUT2D eigenvalue weighted by molar-refractivity contribution is -0.119. The first-order valence-electron chi connectivity index (χ1n) is 8.24. The Kier molecular flexibility index (Phi) is 3.93. The van der Waals surface area contributed by atoms with Gasteiger partial charge in [0.25, 0.3) is 5.91 Å². The Balaban J connectivity index is 1.74. The van der Waals surface area contributed by atoms with Crippen molar-refractivity contribution in [3.05, 3.63) is 60.4 Å². The molecular formula is C19H18N4O2. The number of hydrogen-bond acceptors (Lipinski definition) is 4. The summed E-state index contributed by atoms with van der Waals surface area (Å²) in [5, 5.41) is 4.71. The summed E-state index contributed by atoms with van der Waals surface area (Å²) in [6.45, 7) is -0.151. The molecule has 0 radical (unpaired) electrons. The zero-order valence-electron chi connectivity index (χ0n) is 13.6. The van der Waals surface area contributed by atoms with Crippen LogP contribution in [0.1, 0.15) is 24.6 Å². The van der Waals surface area contributed by atoms with Crippen molar-refractivity contribution in [1.29, 1.82) is 0 Å². The van der Waals surface area contributed by atoms with Crippen LogP contribution in [0.4, 0.5) is 0 Å². The molecule has 0 spiro atoms. The van der Waals surface area contributed by atoms with Crippen molar-refractivity contribution in [2.75, 3.05) is 6.61 Å². The van der Waals surface area contributed by atoms with Crippen molar-refractivity contribution in [2.24, 2.45) is 5.73 Å². The summed E-state index contributed by atoms with van der Waals surface area (Å²) in [5.74, 6) is 2.17. The topological polar surface area (TPSA) is 83.0 Å². The Bertz CT molecular complexity index is 901. The number of nitrogens with two attached hydrogens (primary N) is 1. The predicted molar refractivity (Wildman–Crippen MR) is 93.5 cm³/mol. The van der Waals surface area contributed by atoms with Crippen LogP contribution in [0.2, 0.25) is 0 Å². The molecule has 0 unspecified atom stereocenters. The van der Waals surface area contributed by atoms with Gasteiger partial charge in [0.2, 0.25) is 0 Å². The number of nitrogens with zero attached hydrogens (tertiary/aromatic N) is 3. The number of hydrogen-bond donors (Lipinski definition) is 1. The molecule has 6 nitrogen and oxygen atoms in total. The zero-order chi connectivity index (χ0) is 17.2. The first kappa shape index (κ1) is 15.4. The van der Waals surface area contributed by atoms with Crippen LogP contribution in [-0.4, -0.2) is 27.3 Å². The van der Waals surface area contributed by atoms with Crippen molar-refractivity contribution in [3.8, 4) is 22.8 Å². The third-order valence-electron chi connectivity index (χ3n) is 4.04. The number of rotatable bonds is 6. The molecule has 126 valence electrons. The molecule has 1 aromatic heterocycles. The van der Waals surface area contributed by atoms with E-state index in [1.807, 2.05) is 53.2 Å². The maximum absolute atomic E-state index is 10.9. The largest absolute Gasteiger partial charge is 0.484 e. The molecule has 0 saturated heterocycles. The van der Waals surface area contributed by atoms with Crippen molar-refractivity contribution < 1.29 is 9.53 Å². The van der Waals surface area contributed by atoms with Gasteiger partial charge in [-0.05, 0) is 37.1 Å². The molecule has 1 aliphatic rings. The SMILES string of the molecule is NC(=O)COc1cccc(-c2nc(C3CC3)nn2-c2ccccc2)c1. The number of benzene rings is 2. The van der Waals surface area contributed by atoms with Crippen LogP contribution in [0.15, 0.2) is 54.6 Å². The van der Waals surface area contributed by atoms with Gasteiger partial charge in [-0.1, -0.05) is 30.3 Å². The Morgan fingerprint density at radius 2 is 1.96 bits per heavy atom. The van der Waals surface area contributed by atoms with Gasteiger partial charge in [-0.3, -0.25) is 4.79 Å². The Labute approximate surface area is 145 Å². The molecular weight excluding hydrogens is 316 g/mol. The predicted octanol–water partition coefficient (Wildman–Crippen LogP) is 2.68. The van der Waals surface area contributed by atoms with Crippen LogP contribution in [0.5, 0.6) is 5.75 Å². The summed E-state index contributed by atoms with van der Waals surface area (Å²) in [6, 6.07) is 17.4. The molecule has 1 saturated carbocycles. The van der Waals surface area contributed by atoms with E-state index < -0.39 is 5.91 Å². The highest BCUT2D eigenvalue weighted by Crippen LogP contribution is 2.39. The fraction of sp³-hybridized carbons (Fsp3) is 0.211. The smallest absolute Gasteiger partial charge is 0.255 e.